The first-order valence-electron chi connectivity index (χ1n) is 9.83. The lowest BCUT2D eigenvalue weighted by molar-refractivity contribution is -0.114. The summed E-state index contributed by atoms with van der Waals surface area (Å²) in [6.07, 6.45) is 3.82. The zero-order chi connectivity index (χ0) is 20.6. The number of hydrogen-bond donors (Lipinski definition) is 2. The summed E-state index contributed by atoms with van der Waals surface area (Å²) in [6.45, 7) is 2.38. The molecule has 1 heterocycles. The number of methoxy groups -OCH3 is 3. The Kier molecular flexibility index (Phi) is 7.05. The van der Waals surface area contributed by atoms with E-state index in [1.54, 1.807) is 19.2 Å². The first kappa shape index (κ1) is 20.6. The summed E-state index contributed by atoms with van der Waals surface area (Å²) in [6, 6.07) is 11.6. The van der Waals surface area contributed by atoms with Crippen LogP contribution in [0.4, 0.5) is 17.1 Å². The fourth-order valence-corrected chi connectivity index (χ4v) is 3.48. The standard InChI is InChI=1S/C22H29N3O4/c1-27-19-13-17(14-20(28-2)22(19)29-3)24-21(26)15-23-16-7-9-18(10-8-16)25-11-5-4-6-12-25/h7-10,13-14,23H,4-6,11-12,15H2,1-3H3,(H,24,26). The third-order valence-corrected chi connectivity index (χ3v) is 4.99. The lowest BCUT2D eigenvalue weighted by atomic mass is 10.1. The van der Waals surface area contributed by atoms with Gasteiger partial charge in [0.05, 0.1) is 27.9 Å². The highest BCUT2D eigenvalue weighted by Crippen LogP contribution is 2.39. The van der Waals surface area contributed by atoms with E-state index >= 15 is 0 Å². The molecule has 7 nitrogen and oxygen atoms in total. The number of carbonyl (C=O) groups is 1. The molecular formula is C22H29N3O4. The molecule has 2 N–H and O–H groups in total. The number of anilines is 3. The second-order valence-corrected chi connectivity index (χ2v) is 6.91. The maximum Gasteiger partial charge on any atom is 0.243 e. The van der Waals surface area contributed by atoms with Crippen LogP contribution in [0.5, 0.6) is 17.2 Å². The van der Waals surface area contributed by atoms with Gasteiger partial charge in [-0.1, -0.05) is 0 Å². The quantitative estimate of drug-likeness (QED) is 0.704. The molecule has 29 heavy (non-hydrogen) atoms. The Morgan fingerprint density at radius 2 is 1.52 bits per heavy atom. The lowest BCUT2D eigenvalue weighted by Gasteiger charge is -2.28. The second-order valence-electron chi connectivity index (χ2n) is 6.91. The van der Waals surface area contributed by atoms with Crippen molar-refractivity contribution in [2.75, 3.05) is 56.5 Å². The molecule has 2 aromatic carbocycles. The van der Waals surface area contributed by atoms with Gasteiger partial charge in [0, 0.05) is 42.3 Å². The van der Waals surface area contributed by atoms with Gasteiger partial charge in [-0.3, -0.25) is 4.79 Å². The van der Waals surface area contributed by atoms with E-state index in [1.807, 2.05) is 12.1 Å². The van der Waals surface area contributed by atoms with Gasteiger partial charge in [-0.15, -0.1) is 0 Å². The Morgan fingerprint density at radius 1 is 0.897 bits per heavy atom. The Morgan fingerprint density at radius 3 is 2.07 bits per heavy atom. The summed E-state index contributed by atoms with van der Waals surface area (Å²) in [5.74, 6) is 1.30. The summed E-state index contributed by atoms with van der Waals surface area (Å²) >= 11 is 0. The zero-order valence-corrected chi connectivity index (χ0v) is 17.3. The number of nitrogens with one attached hydrogen (secondary N) is 2. The van der Waals surface area contributed by atoms with Gasteiger partial charge in [-0.05, 0) is 43.5 Å². The molecule has 1 fully saturated rings. The normalized spacial score (nSPS) is 13.6. The molecular weight excluding hydrogens is 370 g/mol. The first-order valence-corrected chi connectivity index (χ1v) is 9.83. The third-order valence-electron chi connectivity index (χ3n) is 4.99. The van der Waals surface area contributed by atoms with Crippen molar-refractivity contribution in [1.29, 1.82) is 0 Å². The van der Waals surface area contributed by atoms with Crippen LogP contribution in [0.25, 0.3) is 0 Å². The van der Waals surface area contributed by atoms with E-state index < -0.39 is 0 Å². The predicted molar refractivity (Wildman–Crippen MR) is 116 cm³/mol. The van der Waals surface area contributed by atoms with Crippen molar-refractivity contribution in [2.45, 2.75) is 19.3 Å². The Bertz CT molecular complexity index is 792. The van der Waals surface area contributed by atoms with Crippen molar-refractivity contribution in [3.05, 3.63) is 36.4 Å². The van der Waals surface area contributed by atoms with Crippen molar-refractivity contribution in [3.8, 4) is 17.2 Å². The van der Waals surface area contributed by atoms with E-state index in [4.69, 9.17) is 14.2 Å². The van der Waals surface area contributed by atoms with E-state index in [-0.39, 0.29) is 12.5 Å². The number of rotatable bonds is 8. The van der Waals surface area contributed by atoms with Crippen LogP contribution < -0.4 is 29.7 Å². The fourth-order valence-electron chi connectivity index (χ4n) is 3.48. The summed E-state index contributed by atoms with van der Waals surface area (Å²) < 4.78 is 15.9. The van der Waals surface area contributed by atoms with Crippen LogP contribution in [0, 0.1) is 0 Å². The first-order chi connectivity index (χ1) is 14.1. The summed E-state index contributed by atoms with van der Waals surface area (Å²) in [5, 5.41) is 6.01. The number of piperidine rings is 1. The average molecular weight is 399 g/mol. The largest absolute Gasteiger partial charge is 0.493 e. The average Bonchev–Trinajstić information content (AvgIpc) is 2.78. The van der Waals surface area contributed by atoms with Crippen molar-refractivity contribution in [3.63, 3.8) is 0 Å². The molecule has 0 spiro atoms. The van der Waals surface area contributed by atoms with Crippen molar-refractivity contribution < 1.29 is 19.0 Å². The Balaban J connectivity index is 1.57. The van der Waals surface area contributed by atoms with Crippen molar-refractivity contribution >= 4 is 23.0 Å². The SMILES string of the molecule is COc1cc(NC(=O)CNc2ccc(N3CCCCC3)cc2)cc(OC)c1OC. The van der Waals surface area contributed by atoms with Crippen molar-refractivity contribution in [1.82, 2.24) is 0 Å². The van der Waals surface area contributed by atoms with Gasteiger partial charge in [0.25, 0.3) is 0 Å². The van der Waals surface area contributed by atoms with Crippen LogP contribution in [0.1, 0.15) is 19.3 Å². The minimum atomic E-state index is -0.167. The molecule has 0 aromatic heterocycles. The maximum atomic E-state index is 12.4. The van der Waals surface area contributed by atoms with E-state index in [0.717, 1.165) is 18.8 Å². The van der Waals surface area contributed by atoms with Crippen molar-refractivity contribution in [2.24, 2.45) is 0 Å². The molecule has 7 heteroatoms. The number of amides is 1. The number of nitrogens with zero attached hydrogens (tertiary/aromatic N) is 1. The van der Waals surface area contributed by atoms with Crippen LogP contribution >= 0.6 is 0 Å². The molecule has 156 valence electrons. The number of carbonyl (C=O) groups excluding carboxylic acids is 1. The van der Waals surface area contributed by atoms with Gasteiger partial charge in [0.1, 0.15) is 0 Å². The smallest absolute Gasteiger partial charge is 0.243 e. The molecule has 0 unspecified atom stereocenters. The molecule has 0 saturated carbocycles. The molecule has 1 saturated heterocycles. The van der Waals surface area contributed by atoms with Crippen LogP contribution in [0.15, 0.2) is 36.4 Å². The molecule has 1 aliphatic heterocycles. The molecule has 1 aliphatic rings. The summed E-state index contributed by atoms with van der Waals surface area (Å²) in [7, 11) is 4.62. The predicted octanol–water partition coefficient (Wildman–Crippen LogP) is 3.75. The third kappa shape index (κ3) is 5.25. The number of ether oxygens (including phenoxy) is 3. The molecule has 0 bridgehead atoms. The zero-order valence-electron chi connectivity index (χ0n) is 17.3. The van der Waals surface area contributed by atoms with Gasteiger partial charge in [0.15, 0.2) is 11.5 Å². The van der Waals surface area contributed by atoms with Crippen LogP contribution in [-0.4, -0.2) is 46.9 Å². The molecule has 0 aliphatic carbocycles. The minimum Gasteiger partial charge on any atom is -0.493 e. The Hall–Kier alpha value is -3.09. The van der Waals surface area contributed by atoms with Crippen LogP contribution in [0.2, 0.25) is 0 Å². The van der Waals surface area contributed by atoms with E-state index in [9.17, 15) is 4.79 Å². The van der Waals surface area contributed by atoms with E-state index in [2.05, 4.69) is 27.7 Å². The monoisotopic (exact) mass is 399 g/mol. The molecule has 0 atom stereocenters. The maximum absolute atomic E-state index is 12.4. The van der Waals surface area contributed by atoms with Gasteiger partial charge in [0.2, 0.25) is 11.7 Å². The highest BCUT2D eigenvalue weighted by Gasteiger charge is 2.15. The number of hydrogen-bond acceptors (Lipinski definition) is 6. The topological polar surface area (TPSA) is 72.1 Å². The number of benzene rings is 2. The van der Waals surface area contributed by atoms with Gasteiger partial charge in [-0.2, -0.15) is 0 Å². The Labute approximate surface area is 171 Å². The molecule has 0 radical (unpaired) electrons. The second kappa shape index (κ2) is 9.91. The molecule has 3 rings (SSSR count). The molecule has 1 amide bonds. The summed E-state index contributed by atoms with van der Waals surface area (Å²) in [5.41, 5.74) is 2.72. The van der Waals surface area contributed by atoms with Crippen LogP contribution in [-0.2, 0) is 4.79 Å². The summed E-state index contributed by atoms with van der Waals surface area (Å²) in [4.78, 5) is 14.8. The molecule has 2 aromatic rings. The van der Waals surface area contributed by atoms with Gasteiger partial charge >= 0.3 is 0 Å². The highest BCUT2D eigenvalue weighted by atomic mass is 16.5. The van der Waals surface area contributed by atoms with Gasteiger partial charge in [-0.25, -0.2) is 0 Å². The lowest BCUT2D eigenvalue weighted by Crippen LogP contribution is -2.29. The van der Waals surface area contributed by atoms with Crippen LogP contribution in [0.3, 0.4) is 0 Å². The van der Waals surface area contributed by atoms with Gasteiger partial charge < -0.3 is 29.7 Å². The van der Waals surface area contributed by atoms with E-state index in [0.29, 0.717) is 22.9 Å². The minimum absolute atomic E-state index is 0.153. The van der Waals surface area contributed by atoms with E-state index in [1.165, 1.54) is 39.2 Å². The fraction of sp³-hybridized carbons (Fsp3) is 0.409. The highest BCUT2D eigenvalue weighted by molar-refractivity contribution is 5.94.